The molecule has 3 heteroatoms. The molecular formula is C12H15N3. The zero-order valence-electron chi connectivity index (χ0n) is 9.84. The number of rotatable bonds is 0. The fourth-order valence-corrected chi connectivity index (χ4v) is 1.92. The Morgan fingerprint density at radius 2 is 1.33 bits per heavy atom. The van der Waals surface area contributed by atoms with Gasteiger partial charge in [-0.2, -0.15) is 0 Å². The van der Waals surface area contributed by atoms with Crippen LogP contribution in [0.3, 0.4) is 0 Å². The summed E-state index contributed by atoms with van der Waals surface area (Å²) < 4.78 is 0. The maximum absolute atomic E-state index is 4.51. The van der Waals surface area contributed by atoms with Gasteiger partial charge in [-0.3, -0.25) is 0 Å². The second kappa shape index (κ2) is 3.26. The average Bonchev–Trinajstić information content (AvgIpc) is 2.13. The summed E-state index contributed by atoms with van der Waals surface area (Å²) in [5.41, 5.74) is 5.37. The van der Waals surface area contributed by atoms with Gasteiger partial charge in [0.25, 0.3) is 0 Å². The molecule has 0 amide bonds. The molecule has 2 heterocycles. The van der Waals surface area contributed by atoms with Crippen molar-refractivity contribution < 1.29 is 0 Å². The third-order valence-electron chi connectivity index (χ3n) is 2.94. The van der Waals surface area contributed by atoms with Gasteiger partial charge in [0.1, 0.15) is 5.82 Å². The van der Waals surface area contributed by atoms with E-state index in [0.29, 0.717) is 0 Å². The Hall–Kier alpha value is -1.51. The molecule has 0 aliphatic rings. The van der Waals surface area contributed by atoms with Gasteiger partial charge in [0.15, 0.2) is 5.65 Å². The van der Waals surface area contributed by atoms with Crippen molar-refractivity contribution in [3.05, 3.63) is 28.3 Å². The first-order valence-electron chi connectivity index (χ1n) is 5.09. The number of pyridine rings is 1. The summed E-state index contributed by atoms with van der Waals surface area (Å²) in [5, 5.41) is 1.10. The number of hydrogen-bond acceptors (Lipinski definition) is 3. The molecule has 0 saturated carbocycles. The number of nitrogens with zero attached hydrogens (tertiary/aromatic N) is 3. The lowest BCUT2D eigenvalue weighted by Crippen LogP contribution is -2.01. The third-order valence-corrected chi connectivity index (χ3v) is 2.94. The minimum absolute atomic E-state index is 0.787. The van der Waals surface area contributed by atoms with Gasteiger partial charge in [0, 0.05) is 11.1 Å². The summed E-state index contributed by atoms with van der Waals surface area (Å²) >= 11 is 0. The van der Waals surface area contributed by atoms with Crippen molar-refractivity contribution in [2.24, 2.45) is 0 Å². The fraction of sp³-hybridized carbons (Fsp3) is 0.417. The van der Waals surface area contributed by atoms with Crippen molar-refractivity contribution in [2.75, 3.05) is 0 Å². The molecule has 0 unspecified atom stereocenters. The minimum Gasteiger partial charge on any atom is -0.238 e. The van der Waals surface area contributed by atoms with Crippen molar-refractivity contribution in [3.63, 3.8) is 0 Å². The second-order valence-electron chi connectivity index (χ2n) is 4.00. The first kappa shape index (κ1) is 10.0. The molecule has 2 rings (SSSR count). The van der Waals surface area contributed by atoms with Gasteiger partial charge in [-0.25, -0.2) is 15.0 Å². The summed E-state index contributed by atoms with van der Waals surface area (Å²) in [6.07, 6.45) is 0. The predicted octanol–water partition coefficient (Wildman–Crippen LogP) is 2.57. The Morgan fingerprint density at radius 3 is 2.00 bits per heavy atom. The van der Waals surface area contributed by atoms with Gasteiger partial charge in [-0.1, -0.05) is 0 Å². The van der Waals surface area contributed by atoms with E-state index < -0.39 is 0 Å². The van der Waals surface area contributed by atoms with E-state index in [9.17, 15) is 0 Å². The van der Waals surface area contributed by atoms with Crippen LogP contribution < -0.4 is 0 Å². The molecule has 3 nitrogen and oxygen atoms in total. The Kier molecular flexibility index (Phi) is 2.18. The van der Waals surface area contributed by atoms with Crippen LogP contribution in [0, 0.1) is 34.6 Å². The molecule has 0 fully saturated rings. The van der Waals surface area contributed by atoms with Crippen LogP contribution in [0.5, 0.6) is 0 Å². The van der Waals surface area contributed by atoms with Crippen LogP contribution in [0.2, 0.25) is 0 Å². The molecule has 0 spiro atoms. The van der Waals surface area contributed by atoms with E-state index in [1.807, 2.05) is 20.8 Å². The summed E-state index contributed by atoms with van der Waals surface area (Å²) in [4.78, 5) is 13.3. The highest BCUT2D eigenvalue weighted by molar-refractivity contribution is 5.82. The van der Waals surface area contributed by atoms with E-state index >= 15 is 0 Å². The number of fused-ring (bicyclic) bond motifs is 1. The predicted molar refractivity (Wildman–Crippen MR) is 61.0 cm³/mol. The average molecular weight is 201 g/mol. The van der Waals surface area contributed by atoms with Crippen molar-refractivity contribution >= 4 is 11.0 Å². The van der Waals surface area contributed by atoms with Gasteiger partial charge in [-0.05, 0) is 45.7 Å². The third kappa shape index (κ3) is 1.48. The molecule has 0 aliphatic carbocycles. The maximum Gasteiger partial charge on any atom is 0.163 e. The summed E-state index contributed by atoms with van der Waals surface area (Å²) in [6, 6.07) is 0. The SMILES string of the molecule is Cc1nc(C)c2c(C)c(C)c(C)nc2n1. The Morgan fingerprint density at radius 1 is 0.667 bits per heavy atom. The normalized spacial score (nSPS) is 11.0. The smallest absolute Gasteiger partial charge is 0.163 e. The van der Waals surface area contributed by atoms with E-state index in [2.05, 4.69) is 28.8 Å². The summed E-state index contributed by atoms with van der Waals surface area (Å²) in [6.45, 7) is 10.1. The largest absolute Gasteiger partial charge is 0.238 e. The maximum atomic E-state index is 4.51. The van der Waals surface area contributed by atoms with Gasteiger partial charge < -0.3 is 0 Å². The first-order chi connectivity index (χ1) is 7.00. The van der Waals surface area contributed by atoms with Crippen LogP contribution in [0.1, 0.15) is 28.3 Å². The van der Waals surface area contributed by atoms with E-state index in [-0.39, 0.29) is 0 Å². The zero-order valence-corrected chi connectivity index (χ0v) is 9.84. The van der Waals surface area contributed by atoms with Crippen LogP contribution in [0.25, 0.3) is 11.0 Å². The molecule has 0 radical (unpaired) electrons. The van der Waals surface area contributed by atoms with Crippen molar-refractivity contribution in [3.8, 4) is 0 Å². The van der Waals surface area contributed by atoms with Crippen LogP contribution >= 0.6 is 0 Å². The van der Waals surface area contributed by atoms with E-state index in [1.54, 1.807) is 0 Å². The van der Waals surface area contributed by atoms with E-state index in [4.69, 9.17) is 0 Å². The molecule has 2 aromatic heterocycles. The Balaban J connectivity index is 2.99. The molecule has 2 aromatic rings. The Bertz CT molecular complexity index is 544. The highest BCUT2D eigenvalue weighted by Gasteiger charge is 2.10. The van der Waals surface area contributed by atoms with Gasteiger partial charge in [-0.15, -0.1) is 0 Å². The molecular weight excluding hydrogens is 186 g/mol. The van der Waals surface area contributed by atoms with Crippen LogP contribution in [0.15, 0.2) is 0 Å². The van der Waals surface area contributed by atoms with Gasteiger partial charge in [0.05, 0.1) is 5.69 Å². The molecule has 78 valence electrons. The number of aryl methyl sites for hydroxylation is 4. The molecule has 0 saturated heterocycles. The highest BCUT2D eigenvalue weighted by atomic mass is 14.9. The van der Waals surface area contributed by atoms with Crippen LogP contribution in [-0.2, 0) is 0 Å². The first-order valence-corrected chi connectivity index (χ1v) is 5.09. The highest BCUT2D eigenvalue weighted by Crippen LogP contribution is 2.22. The van der Waals surface area contributed by atoms with E-state index in [1.165, 1.54) is 11.1 Å². The van der Waals surface area contributed by atoms with Crippen LogP contribution in [-0.4, -0.2) is 15.0 Å². The summed E-state index contributed by atoms with van der Waals surface area (Å²) in [5.74, 6) is 0.787. The minimum atomic E-state index is 0.787. The lowest BCUT2D eigenvalue weighted by atomic mass is 10.0. The standard InChI is InChI=1S/C12H15N3/c1-6-7(2)11-9(4)13-10(5)15-12(11)14-8(6)3/h1-5H3. The zero-order chi connectivity index (χ0) is 11.2. The fourth-order valence-electron chi connectivity index (χ4n) is 1.92. The van der Waals surface area contributed by atoms with Crippen molar-refractivity contribution in [1.82, 2.24) is 15.0 Å². The van der Waals surface area contributed by atoms with Crippen LogP contribution in [0.4, 0.5) is 0 Å². The van der Waals surface area contributed by atoms with Crippen molar-refractivity contribution in [1.29, 1.82) is 0 Å². The van der Waals surface area contributed by atoms with Gasteiger partial charge in [0.2, 0.25) is 0 Å². The number of hydrogen-bond donors (Lipinski definition) is 0. The summed E-state index contributed by atoms with van der Waals surface area (Å²) in [7, 11) is 0. The molecule has 0 aromatic carbocycles. The molecule has 0 atom stereocenters. The van der Waals surface area contributed by atoms with Crippen molar-refractivity contribution in [2.45, 2.75) is 34.6 Å². The topological polar surface area (TPSA) is 38.7 Å². The Labute approximate surface area is 89.6 Å². The second-order valence-corrected chi connectivity index (χ2v) is 4.00. The molecule has 0 aliphatic heterocycles. The molecule has 0 bridgehead atoms. The monoisotopic (exact) mass is 201 g/mol. The van der Waals surface area contributed by atoms with Gasteiger partial charge >= 0.3 is 0 Å². The number of aromatic nitrogens is 3. The molecule has 0 N–H and O–H groups in total. The lowest BCUT2D eigenvalue weighted by molar-refractivity contribution is 1.02. The molecule has 15 heavy (non-hydrogen) atoms. The quantitative estimate of drug-likeness (QED) is 0.657. The lowest BCUT2D eigenvalue weighted by Gasteiger charge is -2.10. The van der Waals surface area contributed by atoms with E-state index in [0.717, 1.165) is 28.2 Å².